The monoisotopic (exact) mass is 231 g/mol. The van der Waals surface area contributed by atoms with E-state index in [1.165, 1.54) is 16.5 Å². The Bertz CT molecular complexity index is 489. The van der Waals surface area contributed by atoms with Crippen molar-refractivity contribution in [3.05, 3.63) is 42.1 Å². The third-order valence-corrected chi connectivity index (χ3v) is 2.38. The molecule has 0 atom stereocenters. The Morgan fingerprint density at radius 3 is 2.53 bits per heavy atom. The Kier molecular flexibility index (Phi) is 5.14. The first kappa shape index (κ1) is 13.2. The number of H-pyrrole nitrogens is 1. The molecule has 0 aliphatic heterocycles. The second kappa shape index (κ2) is 6.63. The number of aliphatic carboxylic acids is 1. The zero-order chi connectivity index (χ0) is 12.7. The SMILES string of the molecule is CCCC(=O)[O-].Cc1cc[nH+]c2ccccc12. The second-order valence-corrected chi connectivity index (χ2v) is 3.83. The van der Waals surface area contributed by atoms with E-state index in [1.807, 2.05) is 12.3 Å². The van der Waals surface area contributed by atoms with Crippen LogP contribution in [0.1, 0.15) is 25.3 Å². The second-order valence-electron chi connectivity index (χ2n) is 3.83. The quantitative estimate of drug-likeness (QED) is 0.786. The van der Waals surface area contributed by atoms with Crippen molar-refractivity contribution in [2.75, 3.05) is 0 Å². The molecule has 1 N–H and O–H groups in total. The Morgan fingerprint density at radius 1 is 1.29 bits per heavy atom. The first-order valence-electron chi connectivity index (χ1n) is 5.71. The van der Waals surface area contributed by atoms with E-state index < -0.39 is 5.97 Å². The van der Waals surface area contributed by atoms with Gasteiger partial charge in [0.15, 0.2) is 6.20 Å². The molecule has 17 heavy (non-hydrogen) atoms. The van der Waals surface area contributed by atoms with Gasteiger partial charge in [0.05, 0.1) is 0 Å². The van der Waals surface area contributed by atoms with Gasteiger partial charge >= 0.3 is 0 Å². The number of aromatic amines is 1. The maximum absolute atomic E-state index is 9.49. The molecule has 0 bridgehead atoms. The van der Waals surface area contributed by atoms with Gasteiger partial charge in [-0.2, -0.15) is 0 Å². The Labute approximate surface area is 101 Å². The van der Waals surface area contributed by atoms with Crippen molar-refractivity contribution in [3.8, 4) is 0 Å². The molecule has 0 unspecified atom stereocenters. The first-order chi connectivity index (χ1) is 8.15. The van der Waals surface area contributed by atoms with E-state index in [2.05, 4.69) is 36.2 Å². The van der Waals surface area contributed by atoms with Crippen LogP contribution in [-0.2, 0) is 4.79 Å². The highest BCUT2D eigenvalue weighted by atomic mass is 16.4. The predicted molar refractivity (Wildman–Crippen MR) is 65.2 cm³/mol. The maximum Gasteiger partial charge on any atom is 0.211 e. The minimum atomic E-state index is -0.961. The average molecular weight is 231 g/mol. The van der Waals surface area contributed by atoms with Crippen molar-refractivity contribution in [1.82, 2.24) is 0 Å². The van der Waals surface area contributed by atoms with E-state index in [9.17, 15) is 9.90 Å². The summed E-state index contributed by atoms with van der Waals surface area (Å²) in [5.41, 5.74) is 2.52. The number of nitrogens with one attached hydrogen (secondary N) is 1. The lowest BCUT2D eigenvalue weighted by Crippen LogP contribution is -2.20. The molecule has 3 nitrogen and oxygen atoms in total. The molecule has 1 aromatic heterocycles. The lowest BCUT2D eigenvalue weighted by atomic mass is 10.1. The number of hydrogen-bond acceptors (Lipinski definition) is 2. The number of aryl methyl sites for hydroxylation is 1. The zero-order valence-electron chi connectivity index (χ0n) is 10.2. The fourth-order valence-corrected chi connectivity index (χ4v) is 1.50. The molecule has 0 saturated carbocycles. The van der Waals surface area contributed by atoms with Crippen LogP contribution in [0.2, 0.25) is 0 Å². The van der Waals surface area contributed by atoms with E-state index in [-0.39, 0.29) is 6.42 Å². The molecule has 2 aromatic rings. The van der Waals surface area contributed by atoms with Crippen LogP contribution < -0.4 is 10.1 Å². The molecule has 0 spiro atoms. The fourth-order valence-electron chi connectivity index (χ4n) is 1.50. The van der Waals surface area contributed by atoms with E-state index in [0.29, 0.717) is 6.42 Å². The number of aromatic nitrogens is 1. The number of para-hydroxylation sites is 1. The molecule has 0 saturated heterocycles. The van der Waals surface area contributed by atoms with E-state index >= 15 is 0 Å². The van der Waals surface area contributed by atoms with Crippen LogP contribution in [0, 0.1) is 6.92 Å². The highest BCUT2D eigenvalue weighted by molar-refractivity contribution is 5.78. The van der Waals surface area contributed by atoms with E-state index in [4.69, 9.17) is 0 Å². The number of pyridine rings is 1. The molecular weight excluding hydrogens is 214 g/mol. The molecule has 2 rings (SSSR count). The van der Waals surface area contributed by atoms with Crippen molar-refractivity contribution in [1.29, 1.82) is 0 Å². The van der Waals surface area contributed by atoms with Gasteiger partial charge in [0.1, 0.15) is 0 Å². The summed E-state index contributed by atoms with van der Waals surface area (Å²) in [7, 11) is 0. The fraction of sp³-hybridized carbons (Fsp3) is 0.286. The number of hydrogen-bond donors (Lipinski definition) is 0. The summed E-state index contributed by atoms with van der Waals surface area (Å²) in [4.78, 5) is 12.7. The third kappa shape index (κ3) is 4.23. The van der Waals surface area contributed by atoms with Crippen LogP contribution in [0.5, 0.6) is 0 Å². The standard InChI is InChI=1S/C10H9N.C4H8O2/c1-8-6-7-11-10-5-3-2-4-9(8)10;1-2-3-4(5)6/h2-7H,1H3;2-3H2,1H3,(H,5,6). The van der Waals surface area contributed by atoms with Gasteiger partial charge in [-0.05, 0) is 25.0 Å². The molecule has 3 heteroatoms. The summed E-state index contributed by atoms with van der Waals surface area (Å²) in [5, 5.41) is 10.8. The van der Waals surface area contributed by atoms with Gasteiger partial charge in [-0.15, -0.1) is 0 Å². The molecule has 90 valence electrons. The summed E-state index contributed by atoms with van der Waals surface area (Å²) in [6.45, 7) is 3.92. The number of rotatable bonds is 2. The smallest absolute Gasteiger partial charge is 0.211 e. The van der Waals surface area contributed by atoms with Crippen LogP contribution in [0.25, 0.3) is 10.9 Å². The van der Waals surface area contributed by atoms with Crippen LogP contribution in [0.4, 0.5) is 0 Å². The van der Waals surface area contributed by atoms with Gasteiger partial charge in [0, 0.05) is 23.5 Å². The third-order valence-electron chi connectivity index (χ3n) is 2.38. The topological polar surface area (TPSA) is 54.3 Å². The minimum absolute atomic E-state index is 0.181. The molecule has 0 aliphatic rings. The molecule has 0 fully saturated rings. The normalized spacial score (nSPS) is 9.53. The minimum Gasteiger partial charge on any atom is -0.550 e. The average Bonchev–Trinajstić information content (AvgIpc) is 2.30. The van der Waals surface area contributed by atoms with Crippen molar-refractivity contribution in [2.24, 2.45) is 0 Å². The molecule has 0 aliphatic carbocycles. The van der Waals surface area contributed by atoms with Crippen molar-refractivity contribution < 1.29 is 14.9 Å². The molecular formula is C14H17NO2. The number of benzene rings is 1. The number of carbonyl (C=O) groups excluding carboxylic acids is 1. The van der Waals surface area contributed by atoms with Gasteiger partial charge in [-0.1, -0.05) is 25.5 Å². The lowest BCUT2D eigenvalue weighted by Gasteiger charge is -1.93. The first-order valence-corrected chi connectivity index (χ1v) is 5.71. The lowest BCUT2D eigenvalue weighted by molar-refractivity contribution is -0.344. The number of carboxylic acid groups (broad SMARTS) is 1. The van der Waals surface area contributed by atoms with Crippen LogP contribution in [0.3, 0.4) is 0 Å². The molecule has 0 amide bonds. The zero-order valence-corrected chi connectivity index (χ0v) is 10.2. The summed E-state index contributed by atoms with van der Waals surface area (Å²) in [6.07, 6.45) is 2.82. The summed E-state index contributed by atoms with van der Waals surface area (Å²) >= 11 is 0. The predicted octanol–water partition coefficient (Wildman–Crippen LogP) is 1.50. The van der Waals surface area contributed by atoms with Gasteiger partial charge < -0.3 is 9.90 Å². The van der Waals surface area contributed by atoms with Crippen LogP contribution >= 0.6 is 0 Å². The largest absolute Gasteiger partial charge is 0.550 e. The Morgan fingerprint density at radius 2 is 2.00 bits per heavy atom. The van der Waals surface area contributed by atoms with Gasteiger partial charge in [0.2, 0.25) is 5.52 Å². The van der Waals surface area contributed by atoms with Crippen molar-refractivity contribution >= 4 is 16.9 Å². The maximum atomic E-state index is 9.49. The number of fused-ring (bicyclic) bond motifs is 1. The molecule has 1 heterocycles. The van der Waals surface area contributed by atoms with Crippen LogP contribution in [0.15, 0.2) is 36.5 Å². The highest BCUT2D eigenvalue weighted by Crippen LogP contribution is 2.11. The van der Waals surface area contributed by atoms with Crippen molar-refractivity contribution in [2.45, 2.75) is 26.7 Å². The molecule has 0 radical (unpaired) electrons. The number of carboxylic acids is 1. The van der Waals surface area contributed by atoms with Gasteiger partial charge in [-0.3, -0.25) is 0 Å². The number of carbonyl (C=O) groups is 1. The molecule has 1 aromatic carbocycles. The summed E-state index contributed by atoms with van der Waals surface area (Å²) in [5.74, 6) is -0.961. The summed E-state index contributed by atoms with van der Waals surface area (Å²) < 4.78 is 0. The Balaban J connectivity index is 0.000000209. The van der Waals surface area contributed by atoms with Gasteiger partial charge in [-0.25, -0.2) is 4.98 Å². The Hall–Kier alpha value is -1.90. The van der Waals surface area contributed by atoms with E-state index in [0.717, 1.165) is 0 Å². The summed E-state index contributed by atoms with van der Waals surface area (Å²) in [6, 6.07) is 10.4. The van der Waals surface area contributed by atoms with E-state index in [1.54, 1.807) is 6.92 Å². The highest BCUT2D eigenvalue weighted by Gasteiger charge is 1.98. The van der Waals surface area contributed by atoms with Crippen molar-refractivity contribution in [3.63, 3.8) is 0 Å². The van der Waals surface area contributed by atoms with Crippen LogP contribution in [-0.4, -0.2) is 5.97 Å². The van der Waals surface area contributed by atoms with Gasteiger partial charge in [0.25, 0.3) is 0 Å².